The van der Waals surface area contributed by atoms with Crippen LogP contribution in [0.25, 0.3) is 0 Å². The summed E-state index contributed by atoms with van der Waals surface area (Å²) in [4.78, 5) is 2.36. The highest BCUT2D eigenvalue weighted by Crippen LogP contribution is 2.10. The highest BCUT2D eigenvalue weighted by Gasteiger charge is 2.17. The second-order valence-electron chi connectivity index (χ2n) is 5.45. The molecular formula is C17H24N2. The van der Waals surface area contributed by atoms with Crippen molar-refractivity contribution in [3.8, 4) is 12.3 Å². The molecule has 1 saturated heterocycles. The van der Waals surface area contributed by atoms with Crippen LogP contribution < -0.4 is 5.32 Å². The average Bonchev–Trinajstić information content (AvgIpc) is 2.41. The Labute approximate surface area is 117 Å². The summed E-state index contributed by atoms with van der Waals surface area (Å²) in [5, 5.41) is 3.67. The highest BCUT2D eigenvalue weighted by atomic mass is 15.1. The second kappa shape index (κ2) is 7.33. The van der Waals surface area contributed by atoms with E-state index in [-0.39, 0.29) is 0 Å². The lowest BCUT2D eigenvalue weighted by atomic mass is 10.0. The SMILES string of the molecule is C#CCN1CCC(NCCc2cccc(C)c2)CC1. The third-order valence-electron chi connectivity index (χ3n) is 3.83. The van der Waals surface area contributed by atoms with Crippen LogP contribution in [0.3, 0.4) is 0 Å². The Hall–Kier alpha value is -1.30. The number of terminal acetylenes is 1. The lowest BCUT2D eigenvalue weighted by Gasteiger charge is -2.31. The topological polar surface area (TPSA) is 15.3 Å². The van der Waals surface area contributed by atoms with Gasteiger partial charge in [0, 0.05) is 19.1 Å². The molecule has 0 aliphatic carbocycles. The van der Waals surface area contributed by atoms with Crippen LogP contribution in [0.5, 0.6) is 0 Å². The first kappa shape index (κ1) is 14.1. The zero-order valence-corrected chi connectivity index (χ0v) is 11.9. The minimum absolute atomic E-state index is 0.666. The lowest BCUT2D eigenvalue weighted by Crippen LogP contribution is -2.43. The zero-order chi connectivity index (χ0) is 13.5. The first-order valence-corrected chi connectivity index (χ1v) is 7.22. The van der Waals surface area contributed by atoms with E-state index in [1.807, 2.05) is 0 Å². The van der Waals surface area contributed by atoms with Crippen LogP contribution in [-0.4, -0.2) is 37.1 Å². The molecule has 2 nitrogen and oxygen atoms in total. The fourth-order valence-corrected chi connectivity index (χ4v) is 2.71. The van der Waals surface area contributed by atoms with Crippen molar-refractivity contribution in [1.29, 1.82) is 0 Å². The number of hydrogen-bond acceptors (Lipinski definition) is 2. The third kappa shape index (κ3) is 4.70. The van der Waals surface area contributed by atoms with Gasteiger partial charge in [0.15, 0.2) is 0 Å². The molecule has 0 bridgehead atoms. The third-order valence-corrected chi connectivity index (χ3v) is 3.83. The fourth-order valence-electron chi connectivity index (χ4n) is 2.71. The van der Waals surface area contributed by atoms with Crippen molar-refractivity contribution in [3.63, 3.8) is 0 Å². The van der Waals surface area contributed by atoms with Crippen LogP contribution in [0.15, 0.2) is 24.3 Å². The predicted octanol–water partition coefficient (Wildman–Crippen LogP) is 2.22. The molecular weight excluding hydrogens is 232 g/mol. The number of nitrogens with zero attached hydrogens (tertiary/aromatic N) is 1. The van der Waals surface area contributed by atoms with Gasteiger partial charge in [-0.3, -0.25) is 4.90 Å². The van der Waals surface area contributed by atoms with Gasteiger partial charge in [0.05, 0.1) is 6.54 Å². The summed E-state index contributed by atoms with van der Waals surface area (Å²) >= 11 is 0. The molecule has 1 aromatic rings. The minimum Gasteiger partial charge on any atom is -0.314 e. The van der Waals surface area contributed by atoms with Crippen molar-refractivity contribution in [2.45, 2.75) is 32.2 Å². The van der Waals surface area contributed by atoms with Crippen molar-refractivity contribution in [3.05, 3.63) is 35.4 Å². The van der Waals surface area contributed by atoms with E-state index in [2.05, 4.69) is 47.3 Å². The molecule has 0 aromatic heterocycles. The molecule has 102 valence electrons. The zero-order valence-electron chi connectivity index (χ0n) is 11.9. The molecule has 1 N–H and O–H groups in total. The molecule has 0 amide bonds. The molecule has 0 spiro atoms. The summed E-state index contributed by atoms with van der Waals surface area (Å²) in [7, 11) is 0. The van der Waals surface area contributed by atoms with Gasteiger partial charge >= 0.3 is 0 Å². The molecule has 2 heteroatoms. The Kier molecular flexibility index (Phi) is 5.44. The summed E-state index contributed by atoms with van der Waals surface area (Å²) in [5.74, 6) is 2.73. The van der Waals surface area contributed by atoms with Crippen molar-refractivity contribution < 1.29 is 0 Å². The highest BCUT2D eigenvalue weighted by molar-refractivity contribution is 5.22. The van der Waals surface area contributed by atoms with E-state index in [9.17, 15) is 0 Å². The van der Waals surface area contributed by atoms with E-state index in [0.29, 0.717) is 6.04 Å². The molecule has 1 aromatic carbocycles. The summed E-state index contributed by atoms with van der Waals surface area (Å²) < 4.78 is 0. The lowest BCUT2D eigenvalue weighted by molar-refractivity contribution is 0.218. The molecule has 2 rings (SSSR count). The van der Waals surface area contributed by atoms with E-state index in [1.165, 1.54) is 24.0 Å². The molecule has 1 aliphatic heterocycles. The maximum Gasteiger partial charge on any atom is 0.0598 e. The Morgan fingerprint density at radius 3 is 2.84 bits per heavy atom. The maximum atomic E-state index is 5.34. The van der Waals surface area contributed by atoms with Crippen LogP contribution in [-0.2, 0) is 6.42 Å². The Bertz CT molecular complexity index is 425. The molecule has 19 heavy (non-hydrogen) atoms. The van der Waals surface area contributed by atoms with Gasteiger partial charge in [-0.15, -0.1) is 6.42 Å². The molecule has 1 heterocycles. The van der Waals surface area contributed by atoms with Gasteiger partial charge in [-0.2, -0.15) is 0 Å². The van der Waals surface area contributed by atoms with Gasteiger partial charge in [0.2, 0.25) is 0 Å². The first-order valence-electron chi connectivity index (χ1n) is 7.22. The van der Waals surface area contributed by atoms with Gasteiger partial charge in [-0.05, 0) is 38.3 Å². The van der Waals surface area contributed by atoms with E-state index in [1.54, 1.807) is 0 Å². The van der Waals surface area contributed by atoms with Gasteiger partial charge < -0.3 is 5.32 Å². The summed E-state index contributed by atoms with van der Waals surface area (Å²) in [6.45, 7) is 6.29. The van der Waals surface area contributed by atoms with Crippen LogP contribution in [0.4, 0.5) is 0 Å². The smallest absolute Gasteiger partial charge is 0.0598 e. The van der Waals surface area contributed by atoms with Gasteiger partial charge in [-0.1, -0.05) is 35.7 Å². The van der Waals surface area contributed by atoms with E-state index >= 15 is 0 Å². The number of aryl methyl sites for hydroxylation is 1. The van der Waals surface area contributed by atoms with E-state index < -0.39 is 0 Å². The van der Waals surface area contributed by atoms with E-state index in [0.717, 1.165) is 32.6 Å². The molecule has 0 unspecified atom stereocenters. The Balaban J connectivity index is 1.66. The largest absolute Gasteiger partial charge is 0.314 e. The summed E-state index contributed by atoms with van der Waals surface area (Å²) in [6, 6.07) is 9.45. The maximum absolute atomic E-state index is 5.34. The monoisotopic (exact) mass is 256 g/mol. The summed E-state index contributed by atoms with van der Waals surface area (Å²) in [6.07, 6.45) is 8.90. The molecule has 1 aliphatic rings. The normalized spacial score (nSPS) is 17.3. The number of hydrogen-bond donors (Lipinski definition) is 1. The number of benzene rings is 1. The molecule has 1 fully saturated rings. The average molecular weight is 256 g/mol. The first-order chi connectivity index (χ1) is 9.28. The van der Waals surface area contributed by atoms with Crippen molar-refractivity contribution in [1.82, 2.24) is 10.2 Å². The molecule has 0 radical (unpaired) electrons. The predicted molar refractivity (Wildman–Crippen MR) is 81.2 cm³/mol. The van der Waals surface area contributed by atoms with Crippen LogP contribution in [0, 0.1) is 19.3 Å². The van der Waals surface area contributed by atoms with E-state index in [4.69, 9.17) is 6.42 Å². The number of nitrogens with one attached hydrogen (secondary N) is 1. The quantitative estimate of drug-likeness (QED) is 0.813. The van der Waals surface area contributed by atoms with Crippen LogP contribution >= 0.6 is 0 Å². The van der Waals surface area contributed by atoms with Crippen LogP contribution in [0.2, 0.25) is 0 Å². The van der Waals surface area contributed by atoms with Crippen LogP contribution in [0.1, 0.15) is 24.0 Å². The van der Waals surface area contributed by atoms with Gasteiger partial charge in [-0.25, -0.2) is 0 Å². The van der Waals surface area contributed by atoms with Crippen molar-refractivity contribution in [2.24, 2.45) is 0 Å². The number of likely N-dealkylation sites (tertiary alicyclic amines) is 1. The van der Waals surface area contributed by atoms with Gasteiger partial charge in [0.25, 0.3) is 0 Å². The minimum atomic E-state index is 0.666. The second-order valence-corrected chi connectivity index (χ2v) is 5.45. The number of rotatable bonds is 5. The molecule has 0 atom stereocenters. The number of piperidine rings is 1. The summed E-state index contributed by atoms with van der Waals surface area (Å²) in [5.41, 5.74) is 2.78. The molecule has 0 saturated carbocycles. The Morgan fingerprint density at radius 1 is 1.37 bits per heavy atom. The van der Waals surface area contributed by atoms with Gasteiger partial charge in [0.1, 0.15) is 0 Å². The standard InChI is InChI=1S/C17H24N2/c1-3-11-19-12-8-17(9-13-19)18-10-7-16-6-4-5-15(2)14-16/h1,4-6,14,17-18H,7-13H2,2H3. The van der Waals surface area contributed by atoms with Crippen molar-refractivity contribution >= 4 is 0 Å². The van der Waals surface area contributed by atoms with Crippen molar-refractivity contribution in [2.75, 3.05) is 26.2 Å². The Morgan fingerprint density at radius 2 is 2.16 bits per heavy atom. The fraction of sp³-hybridized carbons (Fsp3) is 0.529.